The van der Waals surface area contributed by atoms with Gasteiger partial charge in [-0.1, -0.05) is 152 Å². The van der Waals surface area contributed by atoms with Crippen molar-refractivity contribution in [3.05, 3.63) is 200 Å². The third-order valence-corrected chi connectivity index (χ3v) is 12.2. The van der Waals surface area contributed by atoms with Crippen LogP contribution in [-0.4, -0.2) is 0 Å². The highest BCUT2D eigenvalue weighted by Gasteiger charge is 2.20. The van der Waals surface area contributed by atoms with Gasteiger partial charge in [-0.15, -0.1) is 11.3 Å². The molecule has 0 unspecified atom stereocenters. The van der Waals surface area contributed by atoms with Crippen molar-refractivity contribution >= 4 is 91.7 Å². The van der Waals surface area contributed by atoms with E-state index in [0.29, 0.717) is 0 Å². The smallest absolute Gasteiger partial charge is 0.0540 e. The standard InChI is InChI=1S/C52H33NS/c1-3-13-42-35(10-1)12-9-17-44(42)45-15-5-7-18-49(45)53(41-30-31-51-48(33-41)46-16-6-8-19-50(46)54-51)40-28-26-34(27-29-40)39-25-22-37-21-24-38-23-20-36-11-2-4-14-43(36)52(38)47(37)32-39/h1-33H. The molecule has 2 heteroatoms. The third-order valence-electron chi connectivity index (χ3n) is 11.0. The molecule has 0 spiro atoms. The van der Waals surface area contributed by atoms with E-state index in [1.165, 1.54) is 85.5 Å². The molecule has 0 aliphatic heterocycles. The molecule has 0 bridgehead atoms. The Hall–Kier alpha value is -6.74. The molecule has 252 valence electrons. The molecule has 0 atom stereocenters. The van der Waals surface area contributed by atoms with Crippen molar-refractivity contribution < 1.29 is 0 Å². The van der Waals surface area contributed by atoms with Crippen LogP contribution >= 0.6 is 11.3 Å². The minimum atomic E-state index is 1.11. The van der Waals surface area contributed by atoms with Gasteiger partial charge in [-0.2, -0.15) is 0 Å². The van der Waals surface area contributed by atoms with Crippen LogP contribution in [0.1, 0.15) is 0 Å². The summed E-state index contributed by atoms with van der Waals surface area (Å²) in [7, 11) is 0. The molecule has 10 aromatic carbocycles. The fraction of sp³-hybridized carbons (Fsp3) is 0. The quantitative estimate of drug-likeness (QED) is 0.161. The third kappa shape index (κ3) is 4.99. The molecule has 54 heavy (non-hydrogen) atoms. The molecule has 0 amide bonds. The second-order valence-corrected chi connectivity index (χ2v) is 15.2. The van der Waals surface area contributed by atoms with E-state index >= 15 is 0 Å². The lowest BCUT2D eigenvalue weighted by molar-refractivity contribution is 1.29. The van der Waals surface area contributed by atoms with Gasteiger partial charge in [0.2, 0.25) is 0 Å². The molecular weight excluding hydrogens is 671 g/mol. The van der Waals surface area contributed by atoms with Crippen molar-refractivity contribution in [1.82, 2.24) is 0 Å². The number of para-hydroxylation sites is 1. The summed E-state index contributed by atoms with van der Waals surface area (Å²) < 4.78 is 2.61. The van der Waals surface area contributed by atoms with Crippen LogP contribution in [0.3, 0.4) is 0 Å². The average molecular weight is 704 g/mol. The van der Waals surface area contributed by atoms with Crippen LogP contribution in [0.4, 0.5) is 17.1 Å². The number of anilines is 3. The van der Waals surface area contributed by atoms with Gasteiger partial charge in [-0.3, -0.25) is 0 Å². The Morgan fingerprint density at radius 1 is 0.315 bits per heavy atom. The van der Waals surface area contributed by atoms with Crippen LogP contribution in [0.2, 0.25) is 0 Å². The van der Waals surface area contributed by atoms with Crippen molar-refractivity contribution in [1.29, 1.82) is 0 Å². The average Bonchev–Trinajstić information content (AvgIpc) is 3.62. The highest BCUT2D eigenvalue weighted by Crippen LogP contribution is 2.45. The molecule has 0 radical (unpaired) electrons. The van der Waals surface area contributed by atoms with Gasteiger partial charge in [-0.05, 0) is 108 Å². The van der Waals surface area contributed by atoms with Gasteiger partial charge in [0.15, 0.2) is 0 Å². The number of rotatable bonds is 5. The molecule has 0 N–H and O–H groups in total. The normalized spacial score (nSPS) is 11.7. The van der Waals surface area contributed by atoms with E-state index in [1.807, 2.05) is 11.3 Å². The summed E-state index contributed by atoms with van der Waals surface area (Å²) in [4.78, 5) is 2.44. The number of benzene rings is 10. The monoisotopic (exact) mass is 703 g/mol. The lowest BCUT2D eigenvalue weighted by atomic mass is 9.94. The summed E-state index contributed by atoms with van der Waals surface area (Å²) >= 11 is 1.86. The predicted molar refractivity (Wildman–Crippen MR) is 235 cm³/mol. The van der Waals surface area contributed by atoms with E-state index < -0.39 is 0 Å². The minimum Gasteiger partial charge on any atom is -0.310 e. The predicted octanol–water partition coefficient (Wildman–Crippen LogP) is 15.5. The highest BCUT2D eigenvalue weighted by atomic mass is 32.1. The summed E-state index contributed by atoms with van der Waals surface area (Å²) in [5, 5.41) is 12.8. The van der Waals surface area contributed by atoms with Crippen LogP contribution in [0.5, 0.6) is 0 Å². The first-order valence-corrected chi connectivity index (χ1v) is 19.3. The highest BCUT2D eigenvalue weighted by molar-refractivity contribution is 7.25. The molecule has 11 aromatic rings. The summed E-state index contributed by atoms with van der Waals surface area (Å²) in [6.07, 6.45) is 0. The summed E-state index contributed by atoms with van der Waals surface area (Å²) in [6, 6.07) is 73.6. The maximum atomic E-state index is 2.44. The molecule has 1 aromatic heterocycles. The van der Waals surface area contributed by atoms with Crippen LogP contribution in [0.25, 0.3) is 85.5 Å². The number of hydrogen-bond donors (Lipinski definition) is 0. The minimum absolute atomic E-state index is 1.11. The molecule has 1 nitrogen and oxygen atoms in total. The van der Waals surface area contributed by atoms with Gasteiger partial charge < -0.3 is 4.90 Å². The molecule has 0 saturated heterocycles. The van der Waals surface area contributed by atoms with E-state index in [-0.39, 0.29) is 0 Å². The van der Waals surface area contributed by atoms with E-state index in [1.54, 1.807) is 0 Å². The van der Waals surface area contributed by atoms with Crippen molar-refractivity contribution in [3.63, 3.8) is 0 Å². The van der Waals surface area contributed by atoms with Crippen molar-refractivity contribution in [3.8, 4) is 22.3 Å². The van der Waals surface area contributed by atoms with Gasteiger partial charge in [0, 0.05) is 37.1 Å². The zero-order chi connectivity index (χ0) is 35.6. The van der Waals surface area contributed by atoms with Crippen LogP contribution in [-0.2, 0) is 0 Å². The first-order chi connectivity index (χ1) is 26.8. The molecule has 11 rings (SSSR count). The van der Waals surface area contributed by atoms with Gasteiger partial charge in [0.05, 0.1) is 5.69 Å². The molecule has 1 heterocycles. The van der Waals surface area contributed by atoms with Gasteiger partial charge >= 0.3 is 0 Å². The summed E-state index contributed by atoms with van der Waals surface area (Å²) in [6.45, 7) is 0. The van der Waals surface area contributed by atoms with Crippen LogP contribution < -0.4 is 4.90 Å². The van der Waals surface area contributed by atoms with Gasteiger partial charge in [0.25, 0.3) is 0 Å². The first kappa shape index (κ1) is 30.8. The zero-order valence-corrected chi connectivity index (χ0v) is 30.2. The van der Waals surface area contributed by atoms with E-state index in [0.717, 1.165) is 17.1 Å². The van der Waals surface area contributed by atoms with Crippen molar-refractivity contribution in [2.45, 2.75) is 0 Å². The van der Waals surface area contributed by atoms with E-state index in [9.17, 15) is 0 Å². The number of nitrogens with zero attached hydrogens (tertiary/aromatic N) is 1. The SMILES string of the molecule is c1ccc(N(c2ccc(-c3ccc4ccc5ccc6ccccc6c5c4c3)cc2)c2ccc3sc4ccccc4c3c2)c(-c2cccc3ccccc23)c1. The van der Waals surface area contributed by atoms with Gasteiger partial charge in [0.1, 0.15) is 0 Å². The number of hydrogen-bond acceptors (Lipinski definition) is 2. The van der Waals surface area contributed by atoms with Crippen LogP contribution in [0.15, 0.2) is 200 Å². The van der Waals surface area contributed by atoms with E-state index in [2.05, 4.69) is 205 Å². The molecular formula is C52H33NS. The summed E-state index contributed by atoms with van der Waals surface area (Å²) in [5.41, 5.74) is 8.22. The number of thiophene rings is 1. The molecule has 0 aliphatic rings. The van der Waals surface area contributed by atoms with Gasteiger partial charge in [-0.25, -0.2) is 0 Å². The first-order valence-electron chi connectivity index (χ1n) is 18.5. The Bertz CT molecular complexity index is 3220. The second kappa shape index (κ2) is 12.4. The molecule has 0 aliphatic carbocycles. The maximum Gasteiger partial charge on any atom is 0.0540 e. The van der Waals surface area contributed by atoms with Crippen LogP contribution in [0, 0.1) is 0 Å². The fourth-order valence-electron chi connectivity index (χ4n) is 8.45. The Morgan fingerprint density at radius 3 is 1.74 bits per heavy atom. The lowest BCUT2D eigenvalue weighted by Crippen LogP contribution is -2.11. The molecule has 0 saturated carbocycles. The maximum absolute atomic E-state index is 2.44. The fourth-order valence-corrected chi connectivity index (χ4v) is 9.53. The Labute approximate surface area is 317 Å². The van der Waals surface area contributed by atoms with Crippen molar-refractivity contribution in [2.75, 3.05) is 4.90 Å². The zero-order valence-electron chi connectivity index (χ0n) is 29.4. The van der Waals surface area contributed by atoms with Crippen molar-refractivity contribution in [2.24, 2.45) is 0 Å². The topological polar surface area (TPSA) is 3.24 Å². The molecule has 0 fully saturated rings. The summed E-state index contributed by atoms with van der Waals surface area (Å²) in [5.74, 6) is 0. The lowest BCUT2D eigenvalue weighted by Gasteiger charge is -2.28. The largest absolute Gasteiger partial charge is 0.310 e. The Balaban J connectivity index is 1.09. The van der Waals surface area contributed by atoms with E-state index in [4.69, 9.17) is 0 Å². The second-order valence-electron chi connectivity index (χ2n) is 14.1. The number of fused-ring (bicyclic) bond motifs is 9. The Kier molecular flexibility index (Phi) is 7.11. The Morgan fingerprint density at radius 2 is 0.889 bits per heavy atom.